The standard InChI is InChI=1S/C14H15NO5/c1-3-20-14(18)12-7-9-6-10(19-2)4-5-11(9)15(12)8-13(16)17/h4-7H,3,8H2,1-2H3,(H,16,17). The van der Waals surface area contributed by atoms with Crippen LogP contribution < -0.4 is 4.74 Å². The minimum absolute atomic E-state index is 0.220. The van der Waals surface area contributed by atoms with Crippen molar-refractivity contribution in [1.82, 2.24) is 4.57 Å². The average Bonchev–Trinajstić information content (AvgIpc) is 2.76. The number of carbonyl (C=O) groups is 2. The topological polar surface area (TPSA) is 77.8 Å². The zero-order chi connectivity index (χ0) is 14.7. The zero-order valence-corrected chi connectivity index (χ0v) is 11.3. The fourth-order valence-corrected chi connectivity index (χ4v) is 2.06. The Morgan fingerprint density at radius 3 is 2.65 bits per heavy atom. The van der Waals surface area contributed by atoms with Gasteiger partial charge < -0.3 is 19.1 Å². The number of ether oxygens (including phenoxy) is 2. The van der Waals surface area contributed by atoms with E-state index in [2.05, 4.69) is 0 Å². The highest BCUT2D eigenvalue weighted by Crippen LogP contribution is 2.25. The number of carbonyl (C=O) groups excluding carboxylic acids is 1. The second kappa shape index (κ2) is 5.64. The first-order valence-corrected chi connectivity index (χ1v) is 6.13. The molecule has 6 heteroatoms. The summed E-state index contributed by atoms with van der Waals surface area (Å²) in [6.07, 6.45) is 0. The molecule has 2 rings (SSSR count). The molecule has 0 bridgehead atoms. The molecule has 106 valence electrons. The number of aliphatic carboxylic acids is 1. The van der Waals surface area contributed by atoms with Crippen LogP contribution in [0, 0.1) is 0 Å². The summed E-state index contributed by atoms with van der Waals surface area (Å²) in [5, 5.41) is 9.71. The molecular formula is C14H15NO5. The van der Waals surface area contributed by atoms with Gasteiger partial charge in [-0.2, -0.15) is 0 Å². The van der Waals surface area contributed by atoms with Crippen molar-refractivity contribution in [2.24, 2.45) is 0 Å². The van der Waals surface area contributed by atoms with Gasteiger partial charge in [0.1, 0.15) is 18.0 Å². The third-order valence-electron chi connectivity index (χ3n) is 2.89. The predicted molar refractivity (Wildman–Crippen MR) is 72.1 cm³/mol. The monoisotopic (exact) mass is 277 g/mol. The number of benzene rings is 1. The van der Waals surface area contributed by atoms with Crippen molar-refractivity contribution in [3.63, 3.8) is 0 Å². The number of nitrogens with zero attached hydrogens (tertiary/aromatic N) is 1. The quantitative estimate of drug-likeness (QED) is 0.845. The Morgan fingerprint density at radius 2 is 2.05 bits per heavy atom. The third kappa shape index (κ3) is 2.59. The second-order valence-electron chi connectivity index (χ2n) is 4.15. The van der Waals surface area contributed by atoms with Gasteiger partial charge in [0.05, 0.1) is 13.7 Å². The van der Waals surface area contributed by atoms with E-state index in [1.807, 2.05) is 0 Å². The first kappa shape index (κ1) is 13.9. The number of esters is 1. The normalized spacial score (nSPS) is 10.5. The number of rotatable bonds is 5. The molecule has 1 aromatic heterocycles. The summed E-state index contributed by atoms with van der Waals surface area (Å²) < 4.78 is 11.5. The van der Waals surface area contributed by atoms with Crippen molar-refractivity contribution in [2.75, 3.05) is 13.7 Å². The van der Waals surface area contributed by atoms with Crippen LogP contribution in [0.4, 0.5) is 0 Å². The molecule has 0 atom stereocenters. The van der Waals surface area contributed by atoms with Gasteiger partial charge in [-0.1, -0.05) is 0 Å². The summed E-state index contributed by atoms with van der Waals surface area (Å²) in [5.41, 5.74) is 0.869. The van der Waals surface area contributed by atoms with Crippen molar-refractivity contribution in [3.8, 4) is 5.75 Å². The van der Waals surface area contributed by atoms with Crippen LogP contribution in [-0.4, -0.2) is 35.3 Å². The largest absolute Gasteiger partial charge is 0.497 e. The number of fused-ring (bicyclic) bond motifs is 1. The molecule has 1 aromatic carbocycles. The Bertz CT molecular complexity index is 659. The number of hydrogen-bond acceptors (Lipinski definition) is 4. The lowest BCUT2D eigenvalue weighted by Crippen LogP contribution is -2.16. The Morgan fingerprint density at radius 1 is 1.30 bits per heavy atom. The van der Waals surface area contributed by atoms with Crippen molar-refractivity contribution in [1.29, 1.82) is 0 Å². The molecular weight excluding hydrogens is 262 g/mol. The van der Waals surface area contributed by atoms with Crippen LogP contribution in [0.1, 0.15) is 17.4 Å². The molecule has 20 heavy (non-hydrogen) atoms. The minimum atomic E-state index is -1.02. The van der Waals surface area contributed by atoms with E-state index >= 15 is 0 Å². The Kier molecular flexibility index (Phi) is 3.93. The van der Waals surface area contributed by atoms with E-state index in [0.29, 0.717) is 11.3 Å². The Hall–Kier alpha value is -2.50. The van der Waals surface area contributed by atoms with Crippen molar-refractivity contribution in [2.45, 2.75) is 13.5 Å². The minimum Gasteiger partial charge on any atom is -0.497 e. The van der Waals surface area contributed by atoms with Crippen LogP contribution in [-0.2, 0) is 16.1 Å². The molecule has 0 radical (unpaired) electrons. The zero-order valence-electron chi connectivity index (χ0n) is 11.3. The van der Waals surface area contributed by atoms with Gasteiger partial charge in [0.25, 0.3) is 0 Å². The summed E-state index contributed by atoms with van der Waals surface area (Å²) in [5.74, 6) is -0.923. The third-order valence-corrected chi connectivity index (χ3v) is 2.89. The molecule has 0 saturated carbocycles. The number of carboxylic acids is 1. The summed E-state index contributed by atoms with van der Waals surface area (Å²) in [7, 11) is 1.54. The maximum atomic E-state index is 11.9. The lowest BCUT2D eigenvalue weighted by Gasteiger charge is -2.07. The Labute approximate surface area is 115 Å². The van der Waals surface area contributed by atoms with Gasteiger partial charge >= 0.3 is 11.9 Å². The molecule has 0 aliphatic carbocycles. The fraction of sp³-hybridized carbons (Fsp3) is 0.286. The Balaban J connectivity index is 2.58. The van der Waals surface area contributed by atoms with E-state index < -0.39 is 11.9 Å². The van der Waals surface area contributed by atoms with E-state index in [1.165, 1.54) is 4.57 Å². The SMILES string of the molecule is CCOC(=O)c1cc2cc(OC)ccc2n1CC(=O)O. The number of methoxy groups -OCH3 is 1. The van der Waals surface area contributed by atoms with Gasteiger partial charge in [-0.15, -0.1) is 0 Å². The average molecular weight is 277 g/mol. The number of carboxylic acid groups (broad SMARTS) is 1. The number of hydrogen-bond donors (Lipinski definition) is 1. The highest BCUT2D eigenvalue weighted by molar-refractivity contribution is 5.96. The van der Waals surface area contributed by atoms with Gasteiger partial charge in [-0.05, 0) is 31.2 Å². The molecule has 0 spiro atoms. The molecule has 1 heterocycles. The molecule has 0 aliphatic rings. The molecule has 2 aromatic rings. The van der Waals surface area contributed by atoms with Crippen LogP contribution in [0.3, 0.4) is 0 Å². The molecule has 0 unspecified atom stereocenters. The van der Waals surface area contributed by atoms with Gasteiger partial charge in [0.15, 0.2) is 0 Å². The molecule has 0 amide bonds. The fourth-order valence-electron chi connectivity index (χ4n) is 2.06. The molecule has 0 fully saturated rings. The summed E-state index contributed by atoms with van der Waals surface area (Å²) in [6, 6.07) is 6.80. The molecule has 6 nitrogen and oxygen atoms in total. The van der Waals surface area contributed by atoms with Crippen molar-refractivity contribution < 1.29 is 24.2 Å². The van der Waals surface area contributed by atoms with Gasteiger partial charge in [0, 0.05) is 10.9 Å². The van der Waals surface area contributed by atoms with Crippen LogP contribution in [0.5, 0.6) is 5.75 Å². The van der Waals surface area contributed by atoms with Crippen molar-refractivity contribution in [3.05, 3.63) is 30.0 Å². The molecule has 0 aliphatic heterocycles. The summed E-state index contributed by atoms with van der Waals surface area (Å²) in [6.45, 7) is 1.63. The van der Waals surface area contributed by atoms with E-state index in [4.69, 9.17) is 14.6 Å². The summed E-state index contributed by atoms with van der Waals surface area (Å²) in [4.78, 5) is 22.9. The van der Waals surface area contributed by atoms with Crippen LogP contribution in [0.15, 0.2) is 24.3 Å². The first-order chi connectivity index (χ1) is 9.56. The van der Waals surface area contributed by atoms with E-state index in [0.717, 1.165) is 5.39 Å². The highest BCUT2D eigenvalue weighted by atomic mass is 16.5. The molecule has 1 N–H and O–H groups in total. The van der Waals surface area contributed by atoms with E-state index in [-0.39, 0.29) is 18.8 Å². The highest BCUT2D eigenvalue weighted by Gasteiger charge is 2.18. The first-order valence-electron chi connectivity index (χ1n) is 6.13. The van der Waals surface area contributed by atoms with Gasteiger partial charge in [-0.25, -0.2) is 4.79 Å². The van der Waals surface area contributed by atoms with Crippen LogP contribution in [0.25, 0.3) is 10.9 Å². The maximum absolute atomic E-state index is 11.9. The van der Waals surface area contributed by atoms with Gasteiger partial charge in [0.2, 0.25) is 0 Å². The smallest absolute Gasteiger partial charge is 0.354 e. The van der Waals surface area contributed by atoms with Gasteiger partial charge in [-0.3, -0.25) is 4.79 Å². The lowest BCUT2D eigenvalue weighted by molar-refractivity contribution is -0.137. The van der Waals surface area contributed by atoms with Crippen LogP contribution >= 0.6 is 0 Å². The lowest BCUT2D eigenvalue weighted by atomic mass is 10.2. The molecule has 0 saturated heterocycles. The van der Waals surface area contributed by atoms with E-state index in [1.54, 1.807) is 38.3 Å². The second-order valence-corrected chi connectivity index (χ2v) is 4.15. The van der Waals surface area contributed by atoms with E-state index in [9.17, 15) is 9.59 Å². The van der Waals surface area contributed by atoms with Crippen molar-refractivity contribution >= 4 is 22.8 Å². The predicted octanol–water partition coefficient (Wildman–Crippen LogP) is 1.91. The van der Waals surface area contributed by atoms with Crippen LogP contribution in [0.2, 0.25) is 0 Å². The number of aromatic nitrogens is 1. The summed E-state index contributed by atoms with van der Waals surface area (Å²) >= 11 is 0. The maximum Gasteiger partial charge on any atom is 0.354 e.